The lowest BCUT2D eigenvalue weighted by molar-refractivity contribution is -0.118. The number of rotatable bonds is 5. The number of carbonyl (C=O) groups excluding carboxylic acids is 1. The van der Waals surface area contributed by atoms with Crippen molar-refractivity contribution in [2.24, 2.45) is 5.73 Å². The molecule has 0 saturated heterocycles. The van der Waals surface area contributed by atoms with E-state index in [1.807, 2.05) is 46.5 Å². The first kappa shape index (κ1) is 16.8. The van der Waals surface area contributed by atoms with E-state index < -0.39 is 11.9 Å². The number of amides is 1. The quantitative estimate of drug-likeness (QED) is 0.570. The second-order valence-corrected chi connectivity index (χ2v) is 6.45. The molecule has 0 spiro atoms. The van der Waals surface area contributed by atoms with Crippen LogP contribution in [-0.4, -0.2) is 31.1 Å². The van der Waals surface area contributed by atoms with Gasteiger partial charge in [0.2, 0.25) is 5.91 Å². The summed E-state index contributed by atoms with van der Waals surface area (Å²) in [5, 5.41) is 11.2. The second kappa shape index (κ2) is 6.28. The molecule has 136 valence electrons. The van der Waals surface area contributed by atoms with Crippen LogP contribution in [0.3, 0.4) is 0 Å². The number of hydrogen-bond acceptors (Lipinski definition) is 3. The fraction of sp³-hybridized carbons (Fsp3) is 0.150. The Morgan fingerprint density at radius 1 is 1.11 bits per heavy atom. The van der Waals surface area contributed by atoms with Gasteiger partial charge in [-0.05, 0) is 37.3 Å². The van der Waals surface area contributed by atoms with Crippen molar-refractivity contribution >= 4 is 33.7 Å². The van der Waals surface area contributed by atoms with E-state index in [-0.39, 0.29) is 12.0 Å². The summed E-state index contributed by atoms with van der Waals surface area (Å²) in [5.74, 6) is -0.511. The van der Waals surface area contributed by atoms with Gasteiger partial charge in [0.05, 0.1) is 5.56 Å². The van der Waals surface area contributed by atoms with Gasteiger partial charge < -0.3 is 20.0 Å². The van der Waals surface area contributed by atoms with E-state index in [4.69, 9.17) is 5.73 Å². The molecule has 7 heteroatoms. The lowest BCUT2D eigenvalue weighted by Crippen LogP contribution is -2.13. The molecule has 1 amide bonds. The predicted molar refractivity (Wildman–Crippen MR) is 102 cm³/mol. The number of imidazole rings is 1. The third-order valence-corrected chi connectivity index (χ3v) is 4.78. The van der Waals surface area contributed by atoms with Gasteiger partial charge in [0.1, 0.15) is 5.82 Å². The number of fused-ring (bicyclic) bond motifs is 3. The van der Waals surface area contributed by atoms with Crippen LogP contribution in [0.1, 0.15) is 22.6 Å². The van der Waals surface area contributed by atoms with Crippen molar-refractivity contribution in [3.05, 3.63) is 60.2 Å². The molecule has 2 heterocycles. The zero-order valence-corrected chi connectivity index (χ0v) is 14.7. The number of carbonyl (C=O) groups is 2. The Bertz CT molecular complexity index is 1200. The number of aromatic nitrogens is 3. The second-order valence-electron chi connectivity index (χ2n) is 6.45. The minimum Gasteiger partial charge on any atom is -0.478 e. The molecule has 0 atom stereocenters. The molecule has 0 unspecified atom stereocenters. The Labute approximate surface area is 154 Å². The average Bonchev–Trinajstić information content (AvgIpc) is 3.20. The van der Waals surface area contributed by atoms with Crippen LogP contribution in [-0.2, 0) is 11.3 Å². The SMILES string of the molecule is Cc1nccn1-c1ccc2c(c1)c1ccc(C(=O)O)cc1n2CCC(N)=O. The summed E-state index contributed by atoms with van der Waals surface area (Å²) in [6.45, 7) is 2.32. The maximum Gasteiger partial charge on any atom is 0.335 e. The van der Waals surface area contributed by atoms with E-state index in [0.717, 1.165) is 33.3 Å². The van der Waals surface area contributed by atoms with Crippen LogP contribution in [0, 0.1) is 6.92 Å². The molecule has 0 aliphatic rings. The molecule has 0 aliphatic carbocycles. The van der Waals surface area contributed by atoms with Crippen molar-refractivity contribution in [3.8, 4) is 5.69 Å². The van der Waals surface area contributed by atoms with Gasteiger partial charge in [-0.25, -0.2) is 9.78 Å². The van der Waals surface area contributed by atoms with Gasteiger partial charge in [0, 0.05) is 52.9 Å². The summed E-state index contributed by atoms with van der Waals surface area (Å²) in [5.41, 5.74) is 8.19. The van der Waals surface area contributed by atoms with Gasteiger partial charge in [0.15, 0.2) is 0 Å². The maximum absolute atomic E-state index is 11.4. The number of carboxylic acid groups (broad SMARTS) is 1. The Morgan fingerprint density at radius 3 is 2.59 bits per heavy atom. The Hall–Kier alpha value is -3.61. The molecular formula is C20H18N4O3. The fourth-order valence-electron chi connectivity index (χ4n) is 3.48. The number of hydrogen-bond donors (Lipinski definition) is 2. The van der Waals surface area contributed by atoms with Crippen molar-refractivity contribution in [1.29, 1.82) is 0 Å². The van der Waals surface area contributed by atoms with E-state index in [9.17, 15) is 14.7 Å². The summed E-state index contributed by atoms with van der Waals surface area (Å²) >= 11 is 0. The molecular weight excluding hydrogens is 344 g/mol. The molecule has 7 nitrogen and oxygen atoms in total. The smallest absolute Gasteiger partial charge is 0.335 e. The van der Waals surface area contributed by atoms with Crippen LogP contribution < -0.4 is 5.73 Å². The summed E-state index contributed by atoms with van der Waals surface area (Å²) in [6.07, 6.45) is 3.82. The highest BCUT2D eigenvalue weighted by Gasteiger charge is 2.15. The third-order valence-electron chi connectivity index (χ3n) is 4.78. The van der Waals surface area contributed by atoms with Gasteiger partial charge in [0.25, 0.3) is 0 Å². The molecule has 0 radical (unpaired) electrons. The number of nitrogens with two attached hydrogens (primary N) is 1. The summed E-state index contributed by atoms with van der Waals surface area (Å²) in [7, 11) is 0. The van der Waals surface area contributed by atoms with Crippen molar-refractivity contribution in [2.45, 2.75) is 19.9 Å². The lowest BCUT2D eigenvalue weighted by Gasteiger charge is -2.08. The van der Waals surface area contributed by atoms with E-state index in [1.165, 1.54) is 0 Å². The molecule has 4 rings (SSSR count). The minimum atomic E-state index is -0.988. The molecule has 0 fully saturated rings. The van der Waals surface area contributed by atoms with Gasteiger partial charge in [-0.15, -0.1) is 0 Å². The Kier molecular flexibility index (Phi) is 3.92. The first-order valence-electron chi connectivity index (χ1n) is 8.53. The number of carboxylic acids is 1. The summed E-state index contributed by atoms with van der Waals surface area (Å²) in [6, 6.07) is 11.1. The largest absolute Gasteiger partial charge is 0.478 e. The van der Waals surface area contributed by atoms with Crippen molar-refractivity contribution in [2.75, 3.05) is 0 Å². The van der Waals surface area contributed by atoms with Crippen molar-refractivity contribution < 1.29 is 14.7 Å². The van der Waals surface area contributed by atoms with Gasteiger partial charge in [-0.1, -0.05) is 6.07 Å². The van der Waals surface area contributed by atoms with Gasteiger partial charge >= 0.3 is 5.97 Å². The number of nitrogens with zero attached hydrogens (tertiary/aromatic N) is 3. The first-order chi connectivity index (χ1) is 13.0. The van der Waals surface area contributed by atoms with E-state index in [1.54, 1.807) is 18.3 Å². The first-order valence-corrected chi connectivity index (χ1v) is 8.53. The highest BCUT2D eigenvalue weighted by Crippen LogP contribution is 2.32. The molecule has 0 aliphatic heterocycles. The molecule has 2 aromatic heterocycles. The zero-order valence-electron chi connectivity index (χ0n) is 14.7. The van der Waals surface area contributed by atoms with Crippen LogP contribution in [0.5, 0.6) is 0 Å². The van der Waals surface area contributed by atoms with Crippen molar-refractivity contribution in [1.82, 2.24) is 14.1 Å². The summed E-state index contributed by atoms with van der Waals surface area (Å²) < 4.78 is 3.93. The average molecular weight is 362 g/mol. The van der Waals surface area contributed by atoms with Crippen LogP contribution >= 0.6 is 0 Å². The Morgan fingerprint density at radius 2 is 1.93 bits per heavy atom. The molecule has 2 aromatic carbocycles. The molecule has 4 aromatic rings. The molecule has 0 bridgehead atoms. The Balaban J connectivity index is 1.98. The van der Waals surface area contributed by atoms with Gasteiger partial charge in [-0.2, -0.15) is 0 Å². The monoisotopic (exact) mass is 362 g/mol. The molecule has 3 N–H and O–H groups in total. The predicted octanol–water partition coefficient (Wildman–Crippen LogP) is 2.86. The lowest BCUT2D eigenvalue weighted by atomic mass is 10.1. The topological polar surface area (TPSA) is 103 Å². The van der Waals surface area contributed by atoms with Crippen LogP contribution in [0.15, 0.2) is 48.8 Å². The van der Waals surface area contributed by atoms with Crippen LogP contribution in [0.4, 0.5) is 0 Å². The normalized spacial score (nSPS) is 11.3. The molecule has 0 saturated carbocycles. The third kappa shape index (κ3) is 2.83. The van der Waals surface area contributed by atoms with E-state index >= 15 is 0 Å². The van der Waals surface area contributed by atoms with Crippen molar-refractivity contribution in [3.63, 3.8) is 0 Å². The highest BCUT2D eigenvalue weighted by molar-refractivity contribution is 6.10. The zero-order chi connectivity index (χ0) is 19.1. The number of aromatic carboxylic acids is 1. The van der Waals surface area contributed by atoms with Crippen LogP contribution in [0.2, 0.25) is 0 Å². The van der Waals surface area contributed by atoms with Crippen LogP contribution in [0.25, 0.3) is 27.5 Å². The van der Waals surface area contributed by atoms with E-state index in [2.05, 4.69) is 4.98 Å². The maximum atomic E-state index is 11.4. The fourth-order valence-corrected chi connectivity index (χ4v) is 3.48. The minimum absolute atomic E-state index is 0.179. The number of primary amides is 1. The number of aryl methyl sites for hydroxylation is 2. The highest BCUT2D eigenvalue weighted by atomic mass is 16.4. The summed E-state index contributed by atoms with van der Waals surface area (Å²) in [4.78, 5) is 26.9. The number of benzene rings is 2. The molecule has 27 heavy (non-hydrogen) atoms. The van der Waals surface area contributed by atoms with Gasteiger partial charge in [-0.3, -0.25) is 4.79 Å². The van der Waals surface area contributed by atoms with E-state index in [0.29, 0.717) is 6.54 Å². The standard InChI is InChI=1S/C20H18N4O3/c1-12-22-7-9-23(12)14-3-5-17-16(11-14)15-4-2-13(20(26)27)10-18(15)24(17)8-6-19(21)25/h2-5,7,9-11H,6,8H2,1H3,(H2,21,25)(H,26,27).